The summed E-state index contributed by atoms with van der Waals surface area (Å²) in [6.07, 6.45) is 2.08. The predicted molar refractivity (Wildman–Crippen MR) is 87.6 cm³/mol. The lowest BCUT2D eigenvalue weighted by atomic mass is 10.2. The number of hydrogen-bond acceptors (Lipinski definition) is 4. The number of nitrogens with zero attached hydrogens (tertiary/aromatic N) is 2. The standard InChI is InChI=1S/C14H16N4OS2/c1-9-16-17-14(20)18(9)11-5-2-4-10(8-11)15-13(19)12-6-3-7-21-12/h2,4-5,8,12H,3,6-7H2,1H3,(H,15,19)(H,17,20). The Morgan fingerprint density at radius 1 is 1.57 bits per heavy atom. The number of hydrogen-bond donors (Lipinski definition) is 2. The molecule has 21 heavy (non-hydrogen) atoms. The zero-order chi connectivity index (χ0) is 14.8. The van der Waals surface area contributed by atoms with E-state index in [4.69, 9.17) is 12.2 Å². The van der Waals surface area contributed by atoms with Gasteiger partial charge < -0.3 is 5.32 Å². The van der Waals surface area contributed by atoms with Crippen LogP contribution in [0.4, 0.5) is 5.69 Å². The van der Waals surface area contributed by atoms with Crippen molar-refractivity contribution >= 4 is 35.6 Å². The molecule has 1 unspecified atom stereocenters. The van der Waals surface area contributed by atoms with Gasteiger partial charge in [0.25, 0.3) is 0 Å². The molecule has 2 aromatic rings. The first-order valence-electron chi connectivity index (χ1n) is 6.82. The Morgan fingerprint density at radius 2 is 2.43 bits per heavy atom. The van der Waals surface area contributed by atoms with E-state index in [1.807, 2.05) is 35.8 Å². The van der Waals surface area contributed by atoms with Gasteiger partial charge in [0.15, 0.2) is 4.77 Å². The average molecular weight is 320 g/mol. The van der Waals surface area contributed by atoms with Gasteiger partial charge in [-0.05, 0) is 55.9 Å². The van der Waals surface area contributed by atoms with E-state index in [2.05, 4.69) is 15.5 Å². The van der Waals surface area contributed by atoms with Crippen molar-refractivity contribution in [2.45, 2.75) is 25.0 Å². The average Bonchev–Trinajstić information content (AvgIpc) is 3.09. The van der Waals surface area contributed by atoms with E-state index in [1.165, 1.54) is 0 Å². The normalized spacial score (nSPS) is 17.9. The van der Waals surface area contributed by atoms with Crippen molar-refractivity contribution in [2.75, 3.05) is 11.1 Å². The minimum absolute atomic E-state index is 0.0754. The molecule has 0 bridgehead atoms. The van der Waals surface area contributed by atoms with Crippen LogP contribution in [0.1, 0.15) is 18.7 Å². The van der Waals surface area contributed by atoms with E-state index < -0.39 is 0 Å². The highest BCUT2D eigenvalue weighted by atomic mass is 32.2. The summed E-state index contributed by atoms with van der Waals surface area (Å²) in [5, 5.41) is 9.93. The molecule has 1 aliphatic rings. The molecule has 7 heteroatoms. The van der Waals surface area contributed by atoms with Gasteiger partial charge in [-0.2, -0.15) is 5.10 Å². The van der Waals surface area contributed by atoms with Crippen molar-refractivity contribution < 1.29 is 4.79 Å². The highest BCUT2D eigenvalue weighted by Crippen LogP contribution is 2.27. The molecule has 0 spiro atoms. The highest BCUT2D eigenvalue weighted by Gasteiger charge is 2.23. The number of carbonyl (C=O) groups is 1. The van der Waals surface area contributed by atoms with E-state index in [1.54, 1.807) is 11.8 Å². The molecule has 1 atom stereocenters. The molecular weight excluding hydrogens is 304 g/mol. The van der Waals surface area contributed by atoms with Crippen LogP contribution in [-0.4, -0.2) is 31.7 Å². The summed E-state index contributed by atoms with van der Waals surface area (Å²) in [6.45, 7) is 1.88. The number of anilines is 1. The van der Waals surface area contributed by atoms with Crippen LogP contribution in [0.15, 0.2) is 24.3 Å². The molecule has 1 aromatic heterocycles. The van der Waals surface area contributed by atoms with Crippen LogP contribution in [0, 0.1) is 11.7 Å². The molecule has 2 heterocycles. The molecule has 5 nitrogen and oxygen atoms in total. The monoisotopic (exact) mass is 320 g/mol. The van der Waals surface area contributed by atoms with Crippen molar-refractivity contribution in [1.82, 2.24) is 14.8 Å². The number of aryl methyl sites for hydroxylation is 1. The molecule has 0 radical (unpaired) electrons. The molecule has 0 saturated carbocycles. The van der Waals surface area contributed by atoms with Gasteiger partial charge in [-0.15, -0.1) is 11.8 Å². The lowest BCUT2D eigenvalue weighted by molar-refractivity contribution is -0.115. The summed E-state index contributed by atoms with van der Waals surface area (Å²) in [4.78, 5) is 12.2. The van der Waals surface area contributed by atoms with E-state index in [-0.39, 0.29) is 11.2 Å². The number of aromatic nitrogens is 3. The second-order valence-electron chi connectivity index (χ2n) is 4.95. The number of amides is 1. The summed E-state index contributed by atoms with van der Waals surface area (Å²) in [6, 6.07) is 7.65. The van der Waals surface area contributed by atoms with Crippen LogP contribution in [-0.2, 0) is 4.79 Å². The lowest BCUT2D eigenvalue weighted by Gasteiger charge is -2.11. The van der Waals surface area contributed by atoms with Crippen LogP contribution in [0.3, 0.4) is 0 Å². The van der Waals surface area contributed by atoms with Crippen molar-refractivity contribution in [3.8, 4) is 5.69 Å². The van der Waals surface area contributed by atoms with Gasteiger partial charge in [0.2, 0.25) is 5.91 Å². The van der Waals surface area contributed by atoms with Crippen LogP contribution in [0.25, 0.3) is 5.69 Å². The Hall–Kier alpha value is -1.60. The summed E-state index contributed by atoms with van der Waals surface area (Å²) < 4.78 is 2.39. The first-order valence-corrected chi connectivity index (χ1v) is 8.28. The molecule has 1 aliphatic heterocycles. The summed E-state index contributed by atoms with van der Waals surface area (Å²) in [7, 11) is 0. The van der Waals surface area contributed by atoms with E-state index in [0.717, 1.165) is 35.8 Å². The number of rotatable bonds is 3. The maximum absolute atomic E-state index is 12.2. The van der Waals surface area contributed by atoms with Gasteiger partial charge in [0.1, 0.15) is 5.82 Å². The van der Waals surface area contributed by atoms with E-state index in [0.29, 0.717) is 4.77 Å². The van der Waals surface area contributed by atoms with Gasteiger partial charge in [-0.3, -0.25) is 14.5 Å². The van der Waals surface area contributed by atoms with Gasteiger partial charge >= 0.3 is 0 Å². The summed E-state index contributed by atoms with van der Waals surface area (Å²) in [5.41, 5.74) is 1.68. The third-order valence-corrected chi connectivity index (χ3v) is 5.08. The zero-order valence-corrected chi connectivity index (χ0v) is 13.3. The van der Waals surface area contributed by atoms with Crippen LogP contribution in [0.2, 0.25) is 0 Å². The third kappa shape index (κ3) is 3.03. The Morgan fingerprint density at radius 3 is 3.10 bits per heavy atom. The van der Waals surface area contributed by atoms with Gasteiger partial charge in [-0.1, -0.05) is 6.07 Å². The maximum Gasteiger partial charge on any atom is 0.237 e. The van der Waals surface area contributed by atoms with E-state index in [9.17, 15) is 4.79 Å². The second kappa shape index (κ2) is 6.03. The number of carbonyl (C=O) groups excluding carboxylic acids is 1. The van der Waals surface area contributed by atoms with Crippen molar-refractivity contribution in [1.29, 1.82) is 0 Å². The molecule has 0 aliphatic carbocycles. The SMILES string of the molecule is Cc1n[nH]c(=S)n1-c1cccc(NC(=O)C2CCCS2)c1. The Bertz CT molecular complexity index is 716. The summed E-state index contributed by atoms with van der Waals surface area (Å²) in [5.74, 6) is 1.94. The first-order chi connectivity index (χ1) is 10.1. The van der Waals surface area contributed by atoms with Crippen molar-refractivity contribution in [3.63, 3.8) is 0 Å². The zero-order valence-electron chi connectivity index (χ0n) is 11.6. The number of aromatic amines is 1. The quantitative estimate of drug-likeness (QED) is 0.853. The fraction of sp³-hybridized carbons (Fsp3) is 0.357. The molecule has 1 saturated heterocycles. The largest absolute Gasteiger partial charge is 0.325 e. The van der Waals surface area contributed by atoms with Crippen LogP contribution in [0.5, 0.6) is 0 Å². The predicted octanol–water partition coefficient (Wildman–Crippen LogP) is 3.07. The van der Waals surface area contributed by atoms with Gasteiger partial charge in [0, 0.05) is 5.69 Å². The van der Waals surface area contributed by atoms with Crippen molar-refractivity contribution in [2.24, 2.45) is 0 Å². The maximum atomic E-state index is 12.2. The Labute approximate surface area is 132 Å². The molecule has 2 N–H and O–H groups in total. The van der Waals surface area contributed by atoms with Gasteiger partial charge in [-0.25, -0.2) is 0 Å². The Balaban J connectivity index is 1.83. The number of nitrogens with one attached hydrogen (secondary N) is 2. The highest BCUT2D eigenvalue weighted by molar-refractivity contribution is 8.00. The van der Waals surface area contributed by atoms with Crippen LogP contribution < -0.4 is 5.32 Å². The molecular formula is C14H16N4OS2. The molecule has 110 valence electrons. The Kier molecular flexibility index (Phi) is 4.12. The fourth-order valence-electron chi connectivity index (χ4n) is 2.41. The first kappa shape index (κ1) is 14.3. The van der Waals surface area contributed by atoms with E-state index >= 15 is 0 Å². The van der Waals surface area contributed by atoms with Gasteiger partial charge in [0.05, 0.1) is 10.9 Å². The second-order valence-corrected chi connectivity index (χ2v) is 6.65. The molecule has 1 amide bonds. The molecule has 1 fully saturated rings. The number of benzene rings is 1. The fourth-order valence-corrected chi connectivity index (χ4v) is 3.85. The number of thioether (sulfide) groups is 1. The smallest absolute Gasteiger partial charge is 0.237 e. The minimum atomic E-state index is 0.0754. The number of H-pyrrole nitrogens is 1. The summed E-state index contributed by atoms with van der Waals surface area (Å²) >= 11 is 6.96. The molecule has 3 rings (SSSR count). The minimum Gasteiger partial charge on any atom is -0.325 e. The third-order valence-electron chi connectivity index (χ3n) is 3.43. The van der Waals surface area contributed by atoms with Crippen LogP contribution >= 0.6 is 24.0 Å². The van der Waals surface area contributed by atoms with Crippen molar-refractivity contribution in [3.05, 3.63) is 34.9 Å². The lowest BCUT2D eigenvalue weighted by Crippen LogP contribution is -2.22. The molecule has 1 aromatic carbocycles. The topological polar surface area (TPSA) is 62.7 Å².